The normalized spacial score (nSPS) is 11.4. The summed E-state index contributed by atoms with van der Waals surface area (Å²) in [6, 6.07) is 10.2. The number of sulfonamides is 1. The number of carbonyl (C=O) groups is 1. The fraction of sp³-hybridized carbons (Fsp3) is 0.278. The molecule has 0 aliphatic rings. The van der Waals surface area contributed by atoms with E-state index in [-0.39, 0.29) is 17.1 Å². The van der Waals surface area contributed by atoms with Crippen molar-refractivity contribution in [2.24, 2.45) is 0 Å². The van der Waals surface area contributed by atoms with Crippen molar-refractivity contribution in [2.45, 2.75) is 18.7 Å². The van der Waals surface area contributed by atoms with Gasteiger partial charge in [-0.05, 0) is 42.8 Å². The Morgan fingerprint density at radius 1 is 1.23 bits per heavy atom. The Labute approximate surface area is 152 Å². The fourth-order valence-corrected chi connectivity index (χ4v) is 3.93. The number of nitrogens with zero attached hydrogens (tertiary/aromatic N) is 1. The summed E-state index contributed by atoms with van der Waals surface area (Å²) >= 11 is 0. The van der Waals surface area contributed by atoms with Crippen molar-refractivity contribution < 1.29 is 22.3 Å². The SMILES string of the molecule is CCN(CC(=O)Nc1ccccc1F)S(=O)(=O)c1ccc(OC)c(C)c1. The van der Waals surface area contributed by atoms with E-state index in [1.807, 2.05) is 0 Å². The van der Waals surface area contributed by atoms with Gasteiger partial charge in [0.2, 0.25) is 15.9 Å². The Morgan fingerprint density at radius 2 is 1.92 bits per heavy atom. The number of methoxy groups -OCH3 is 1. The molecule has 0 saturated heterocycles. The van der Waals surface area contributed by atoms with Crippen molar-refractivity contribution in [1.29, 1.82) is 0 Å². The van der Waals surface area contributed by atoms with Crippen LogP contribution < -0.4 is 10.1 Å². The molecule has 2 rings (SSSR count). The lowest BCUT2D eigenvalue weighted by atomic mass is 10.2. The Balaban J connectivity index is 2.19. The molecule has 0 bridgehead atoms. The van der Waals surface area contributed by atoms with Gasteiger partial charge in [-0.25, -0.2) is 12.8 Å². The number of amides is 1. The maximum Gasteiger partial charge on any atom is 0.243 e. The lowest BCUT2D eigenvalue weighted by molar-refractivity contribution is -0.116. The van der Waals surface area contributed by atoms with Crippen LogP contribution in [0.3, 0.4) is 0 Å². The van der Waals surface area contributed by atoms with Crippen LogP contribution in [0.4, 0.5) is 10.1 Å². The molecular formula is C18H21FN2O4S. The lowest BCUT2D eigenvalue weighted by Gasteiger charge is -2.20. The summed E-state index contributed by atoms with van der Waals surface area (Å²) in [5.41, 5.74) is 0.673. The Morgan fingerprint density at radius 3 is 2.50 bits per heavy atom. The molecule has 0 atom stereocenters. The summed E-state index contributed by atoms with van der Waals surface area (Å²) in [5.74, 6) is -0.632. The largest absolute Gasteiger partial charge is 0.496 e. The molecule has 0 spiro atoms. The van der Waals surface area contributed by atoms with Crippen molar-refractivity contribution in [1.82, 2.24) is 4.31 Å². The Hall–Kier alpha value is -2.45. The number of para-hydroxylation sites is 1. The number of halogens is 1. The molecule has 8 heteroatoms. The first-order valence-electron chi connectivity index (χ1n) is 7.98. The molecular weight excluding hydrogens is 359 g/mol. The molecule has 2 aromatic carbocycles. The van der Waals surface area contributed by atoms with E-state index in [0.717, 1.165) is 4.31 Å². The summed E-state index contributed by atoms with van der Waals surface area (Å²) in [7, 11) is -2.37. The lowest BCUT2D eigenvalue weighted by Crippen LogP contribution is -2.38. The van der Waals surface area contributed by atoms with Gasteiger partial charge < -0.3 is 10.1 Å². The van der Waals surface area contributed by atoms with Crippen molar-refractivity contribution in [3.8, 4) is 5.75 Å². The van der Waals surface area contributed by atoms with Crippen LogP contribution in [0.5, 0.6) is 5.75 Å². The first-order chi connectivity index (χ1) is 12.3. The Kier molecular flexibility index (Phi) is 6.33. The van der Waals surface area contributed by atoms with Crippen LogP contribution in [0.15, 0.2) is 47.4 Å². The number of nitrogens with one attached hydrogen (secondary N) is 1. The number of likely N-dealkylation sites (N-methyl/N-ethyl adjacent to an activating group) is 1. The van der Waals surface area contributed by atoms with Crippen LogP contribution in [0, 0.1) is 12.7 Å². The summed E-state index contributed by atoms with van der Waals surface area (Å²) in [4.78, 5) is 12.2. The van der Waals surface area contributed by atoms with E-state index in [2.05, 4.69) is 5.32 Å². The highest BCUT2D eigenvalue weighted by Crippen LogP contribution is 2.23. The predicted octanol–water partition coefficient (Wildman–Crippen LogP) is 2.79. The number of aryl methyl sites for hydroxylation is 1. The quantitative estimate of drug-likeness (QED) is 0.801. The molecule has 26 heavy (non-hydrogen) atoms. The second-order valence-electron chi connectivity index (χ2n) is 5.59. The third kappa shape index (κ3) is 4.39. The van der Waals surface area contributed by atoms with E-state index in [9.17, 15) is 17.6 Å². The maximum absolute atomic E-state index is 13.6. The molecule has 1 amide bonds. The summed E-state index contributed by atoms with van der Waals surface area (Å²) < 4.78 is 45.4. The fourth-order valence-electron chi connectivity index (χ4n) is 2.44. The van der Waals surface area contributed by atoms with E-state index >= 15 is 0 Å². The van der Waals surface area contributed by atoms with Crippen molar-refractivity contribution >= 4 is 21.6 Å². The zero-order valence-corrected chi connectivity index (χ0v) is 15.6. The Bertz CT molecular complexity index is 900. The predicted molar refractivity (Wildman–Crippen MR) is 97.2 cm³/mol. The van der Waals surface area contributed by atoms with Gasteiger partial charge in [0.05, 0.1) is 24.2 Å². The van der Waals surface area contributed by atoms with Crippen LogP contribution in [0.25, 0.3) is 0 Å². The molecule has 0 heterocycles. The molecule has 0 aliphatic heterocycles. The first-order valence-corrected chi connectivity index (χ1v) is 9.42. The molecule has 0 fully saturated rings. The summed E-state index contributed by atoms with van der Waals surface area (Å²) in [6.07, 6.45) is 0. The molecule has 1 N–H and O–H groups in total. The van der Waals surface area contributed by atoms with E-state index in [0.29, 0.717) is 11.3 Å². The van der Waals surface area contributed by atoms with Gasteiger partial charge in [-0.15, -0.1) is 0 Å². The van der Waals surface area contributed by atoms with Crippen molar-refractivity contribution in [3.63, 3.8) is 0 Å². The average Bonchev–Trinajstić information content (AvgIpc) is 2.61. The monoisotopic (exact) mass is 380 g/mol. The minimum atomic E-state index is -3.87. The van der Waals surface area contributed by atoms with Crippen LogP contribution in [0.2, 0.25) is 0 Å². The van der Waals surface area contributed by atoms with E-state index in [1.54, 1.807) is 26.0 Å². The second kappa shape index (κ2) is 8.29. The standard InChI is InChI=1S/C18H21FN2O4S/c1-4-21(12-18(22)20-16-8-6-5-7-15(16)19)26(23,24)14-9-10-17(25-3)13(2)11-14/h5-11H,4,12H2,1-3H3,(H,20,22). The van der Waals surface area contributed by atoms with Gasteiger partial charge in [0.15, 0.2) is 0 Å². The van der Waals surface area contributed by atoms with Crippen LogP contribution in [0.1, 0.15) is 12.5 Å². The number of hydrogen-bond donors (Lipinski definition) is 1. The van der Waals surface area contributed by atoms with Crippen LogP contribution in [-0.4, -0.2) is 38.8 Å². The molecule has 0 aliphatic carbocycles. The van der Waals surface area contributed by atoms with Gasteiger partial charge in [-0.1, -0.05) is 19.1 Å². The van der Waals surface area contributed by atoms with Gasteiger partial charge in [0.25, 0.3) is 0 Å². The third-order valence-electron chi connectivity index (χ3n) is 3.82. The van der Waals surface area contributed by atoms with Gasteiger partial charge in [0.1, 0.15) is 11.6 Å². The number of carbonyl (C=O) groups excluding carboxylic acids is 1. The zero-order chi connectivity index (χ0) is 19.3. The highest BCUT2D eigenvalue weighted by atomic mass is 32.2. The zero-order valence-electron chi connectivity index (χ0n) is 14.8. The molecule has 2 aromatic rings. The second-order valence-corrected chi connectivity index (χ2v) is 7.53. The maximum atomic E-state index is 13.6. The minimum absolute atomic E-state index is 0.00578. The van der Waals surface area contributed by atoms with Gasteiger partial charge in [0, 0.05) is 6.54 Å². The van der Waals surface area contributed by atoms with E-state index < -0.39 is 28.3 Å². The van der Waals surface area contributed by atoms with Gasteiger partial charge in [-0.3, -0.25) is 4.79 Å². The van der Waals surface area contributed by atoms with Crippen LogP contribution in [-0.2, 0) is 14.8 Å². The number of hydrogen-bond acceptors (Lipinski definition) is 4. The van der Waals surface area contributed by atoms with Crippen molar-refractivity contribution in [3.05, 3.63) is 53.8 Å². The number of benzene rings is 2. The number of ether oxygens (including phenoxy) is 1. The highest BCUT2D eigenvalue weighted by Gasteiger charge is 2.26. The smallest absolute Gasteiger partial charge is 0.243 e. The van der Waals surface area contributed by atoms with Crippen LogP contribution >= 0.6 is 0 Å². The van der Waals surface area contributed by atoms with Gasteiger partial charge in [-0.2, -0.15) is 4.31 Å². The molecule has 0 aromatic heterocycles. The number of rotatable bonds is 7. The molecule has 6 nitrogen and oxygen atoms in total. The van der Waals surface area contributed by atoms with Gasteiger partial charge >= 0.3 is 0 Å². The first kappa shape index (κ1) is 19.9. The topological polar surface area (TPSA) is 75.7 Å². The van der Waals surface area contributed by atoms with Crippen molar-refractivity contribution in [2.75, 3.05) is 25.5 Å². The summed E-state index contributed by atoms with van der Waals surface area (Å²) in [6.45, 7) is 3.04. The molecule has 140 valence electrons. The molecule has 0 radical (unpaired) electrons. The number of anilines is 1. The minimum Gasteiger partial charge on any atom is -0.496 e. The molecule has 0 unspecified atom stereocenters. The summed E-state index contributed by atoms with van der Waals surface area (Å²) in [5, 5.41) is 2.39. The molecule has 0 saturated carbocycles. The third-order valence-corrected chi connectivity index (χ3v) is 5.74. The van der Waals surface area contributed by atoms with E-state index in [1.165, 1.54) is 37.4 Å². The highest BCUT2D eigenvalue weighted by molar-refractivity contribution is 7.89. The average molecular weight is 380 g/mol. The van der Waals surface area contributed by atoms with E-state index in [4.69, 9.17) is 4.74 Å².